The van der Waals surface area contributed by atoms with Crippen LogP contribution in [0.2, 0.25) is 0 Å². The first kappa shape index (κ1) is 16.4. The number of carbonyl (C=O) groups is 2. The van der Waals surface area contributed by atoms with E-state index in [4.69, 9.17) is 0 Å². The fourth-order valence-corrected chi connectivity index (χ4v) is 1.20. The van der Waals surface area contributed by atoms with Gasteiger partial charge >= 0.3 is 5.97 Å². The van der Waals surface area contributed by atoms with E-state index >= 15 is 0 Å². The highest BCUT2D eigenvalue weighted by atomic mass is 16.5. The minimum Gasteiger partial charge on any atom is -0.469 e. The Morgan fingerprint density at radius 1 is 1.17 bits per heavy atom. The van der Waals surface area contributed by atoms with Crippen LogP contribution >= 0.6 is 0 Å². The summed E-state index contributed by atoms with van der Waals surface area (Å²) in [6.07, 6.45) is 1.44. The van der Waals surface area contributed by atoms with Crippen LogP contribution in [0.15, 0.2) is 30.3 Å². The smallest absolute Gasteiger partial charge is 0.308 e. The Balaban J connectivity index is 0.000000331. The van der Waals surface area contributed by atoms with Crippen LogP contribution in [0.1, 0.15) is 44.0 Å². The number of hydrogen-bond donors (Lipinski definition) is 0. The quantitative estimate of drug-likeness (QED) is 0.607. The van der Waals surface area contributed by atoms with Crippen molar-refractivity contribution in [2.75, 3.05) is 7.11 Å². The molecule has 18 heavy (non-hydrogen) atoms. The van der Waals surface area contributed by atoms with Gasteiger partial charge in [0.15, 0.2) is 5.78 Å². The van der Waals surface area contributed by atoms with E-state index in [1.807, 2.05) is 51.1 Å². The average Bonchev–Trinajstić information content (AvgIpc) is 2.46. The number of ketones is 1. The molecule has 0 heterocycles. The number of carbonyl (C=O) groups excluding carboxylic acids is 2. The van der Waals surface area contributed by atoms with Crippen LogP contribution < -0.4 is 0 Å². The molecular formula is C15H22O3. The number of methoxy groups -OCH3 is 1. The number of ether oxygens (including phenoxy) is 1. The van der Waals surface area contributed by atoms with Crippen molar-refractivity contribution in [2.24, 2.45) is 5.92 Å². The van der Waals surface area contributed by atoms with Gasteiger partial charge in [-0.25, -0.2) is 0 Å². The van der Waals surface area contributed by atoms with E-state index in [0.717, 1.165) is 12.0 Å². The van der Waals surface area contributed by atoms with Crippen molar-refractivity contribution in [1.82, 2.24) is 0 Å². The van der Waals surface area contributed by atoms with E-state index in [1.165, 1.54) is 7.11 Å². The fraction of sp³-hybridized carbons (Fsp3) is 0.467. The van der Waals surface area contributed by atoms with Crippen molar-refractivity contribution in [1.29, 1.82) is 0 Å². The third-order valence-corrected chi connectivity index (χ3v) is 2.63. The number of rotatable bonds is 4. The standard InChI is InChI=1S/C9H10O.C6H12O2/c1-2-9(10)8-6-4-3-5-7-8;1-4-5(2)6(7)8-3/h3-7H,2H2,1H3;5H,4H2,1-3H3. The van der Waals surface area contributed by atoms with Gasteiger partial charge in [-0.05, 0) is 6.42 Å². The van der Waals surface area contributed by atoms with Crippen LogP contribution in [0.3, 0.4) is 0 Å². The van der Waals surface area contributed by atoms with Crippen molar-refractivity contribution in [3.63, 3.8) is 0 Å². The summed E-state index contributed by atoms with van der Waals surface area (Å²) in [5.74, 6) is 0.146. The van der Waals surface area contributed by atoms with Crippen LogP contribution in [0.25, 0.3) is 0 Å². The lowest BCUT2D eigenvalue weighted by Gasteiger charge is -2.02. The molecule has 1 aromatic carbocycles. The molecule has 1 atom stereocenters. The molecule has 0 spiro atoms. The van der Waals surface area contributed by atoms with Gasteiger partial charge in [0.1, 0.15) is 0 Å². The zero-order valence-corrected chi connectivity index (χ0v) is 11.6. The summed E-state index contributed by atoms with van der Waals surface area (Å²) in [5, 5.41) is 0. The maximum absolute atomic E-state index is 11.0. The summed E-state index contributed by atoms with van der Waals surface area (Å²) >= 11 is 0. The SMILES string of the molecule is CCC(=O)c1ccccc1.CCC(C)C(=O)OC. The zero-order chi connectivity index (χ0) is 14.0. The topological polar surface area (TPSA) is 43.4 Å². The molecule has 3 nitrogen and oxygen atoms in total. The van der Waals surface area contributed by atoms with Crippen molar-refractivity contribution < 1.29 is 14.3 Å². The summed E-state index contributed by atoms with van der Waals surface area (Å²) in [6, 6.07) is 9.34. The largest absolute Gasteiger partial charge is 0.469 e. The van der Waals surface area contributed by atoms with E-state index in [1.54, 1.807) is 0 Å². The molecule has 3 heteroatoms. The summed E-state index contributed by atoms with van der Waals surface area (Å²) < 4.78 is 4.46. The molecule has 0 fully saturated rings. The highest BCUT2D eigenvalue weighted by molar-refractivity contribution is 5.95. The Bertz CT molecular complexity index is 357. The second kappa shape index (κ2) is 9.40. The molecule has 0 aliphatic heterocycles. The summed E-state index contributed by atoms with van der Waals surface area (Å²) in [5.41, 5.74) is 0.810. The van der Waals surface area contributed by atoms with E-state index in [0.29, 0.717) is 6.42 Å². The molecule has 0 amide bonds. The van der Waals surface area contributed by atoms with Gasteiger partial charge in [0.05, 0.1) is 13.0 Å². The summed E-state index contributed by atoms with van der Waals surface area (Å²) in [6.45, 7) is 5.68. The van der Waals surface area contributed by atoms with Crippen molar-refractivity contribution in [3.05, 3.63) is 35.9 Å². The molecular weight excluding hydrogens is 228 g/mol. The minimum atomic E-state index is -0.118. The molecule has 100 valence electrons. The van der Waals surface area contributed by atoms with Crippen molar-refractivity contribution in [2.45, 2.75) is 33.6 Å². The average molecular weight is 250 g/mol. The Kier molecular flexibility index (Phi) is 8.54. The molecule has 0 saturated heterocycles. The molecule has 0 aromatic heterocycles. The van der Waals surface area contributed by atoms with Gasteiger partial charge in [-0.3, -0.25) is 9.59 Å². The Morgan fingerprint density at radius 2 is 1.72 bits per heavy atom. The van der Waals surface area contributed by atoms with Gasteiger partial charge in [-0.2, -0.15) is 0 Å². The van der Waals surface area contributed by atoms with E-state index in [2.05, 4.69) is 4.74 Å². The lowest BCUT2D eigenvalue weighted by atomic mass is 10.1. The molecule has 0 aliphatic carbocycles. The van der Waals surface area contributed by atoms with Crippen LogP contribution in [0, 0.1) is 5.92 Å². The van der Waals surface area contributed by atoms with Gasteiger partial charge in [-0.1, -0.05) is 51.1 Å². The summed E-state index contributed by atoms with van der Waals surface area (Å²) in [4.78, 5) is 21.5. The first-order valence-electron chi connectivity index (χ1n) is 6.22. The van der Waals surface area contributed by atoms with E-state index in [-0.39, 0.29) is 17.7 Å². The predicted octanol–water partition coefficient (Wildman–Crippen LogP) is 3.48. The number of hydrogen-bond acceptors (Lipinski definition) is 3. The number of esters is 1. The lowest BCUT2D eigenvalue weighted by molar-refractivity contribution is -0.144. The van der Waals surface area contributed by atoms with Gasteiger partial charge in [0, 0.05) is 12.0 Å². The lowest BCUT2D eigenvalue weighted by Crippen LogP contribution is -2.10. The monoisotopic (exact) mass is 250 g/mol. The first-order chi connectivity index (χ1) is 8.56. The maximum Gasteiger partial charge on any atom is 0.308 e. The minimum absolute atomic E-state index is 0.0556. The molecule has 1 rings (SSSR count). The molecule has 0 radical (unpaired) electrons. The Morgan fingerprint density at radius 3 is 2.06 bits per heavy atom. The van der Waals surface area contributed by atoms with E-state index < -0.39 is 0 Å². The van der Waals surface area contributed by atoms with Crippen LogP contribution in [-0.4, -0.2) is 18.9 Å². The normalized spacial score (nSPS) is 10.9. The third-order valence-electron chi connectivity index (χ3n) is 2.63. The second-order valence-corrected chi connectivity index (χ2v) is 3.98. The Hall–Kier alpha value is -1.64. The van der Waals surface area contributed by atoms with Gasteiger partial charge in [-0.15, -0.1) is 0 Å². The predicted molar refractivity (Wildman–Crippen MR) is 72.5 cm³/mol. The van der Waals surface area contributed by atoms with E-state index in [9.17, 15) is 9.59 Å². The molecule has 1 aromatic rings. The van der Waals surface area contributed by atoms with Crippen LogP contribution in [-0.2, 0) is 9.53 Å². The van der Waals surface area contributed by atoms with Crippen molar-refractivity contribution >= 4 is 11.8 Å². The van der Waals surface area contributed by atoms with Gasteiger partial charge in [0.2, 0.25) is 0 Å². The zero-order valence-electron chi connectivity index (χ0n) is 11.6. The third kappa shape index (κ3) is 6.18. The Labute approximate surface area is 109 Å². The second-order valence-electron chi connectivity index (χ2n) is 3.98. The first-order valence-corrected chi connectivity index (χ1v) is 6.22. The summed E-state index contributed by atoms with van der Waals surface area (Å²) in [7, 11) is 1.41. The highest BCUT2D eigenvalue weighted by Gasteiger charge is 2.08. The molecule has 0 bridgehead atoms. The molecule has 1 unspecified atom stereocenters. The maximum atomic E-state index is 11.0. The number of benzene rings is 1. The fourth-order valence-electron chi connectivity index (χ4n) is 1.20. The highest BCUT2D eigenvalue weighted by Crippen LogP contribution is 2.01. The van der Waals surface area contributed by atoms with Gasteiger partial charge < -0.3 is 4.74 Å². The van der Waals surface area contributed by atoms with Crippen LogP contribution in [0.5, 0.6) is 0 Å². The molecule has 0 aliphatic rings. The number of Topliss-reactive ketones (excluding diaryl/α,β-unsaturated/α-hetero) is 1. The van der Waals surface area contributed by atoms with Crippen LogP contribution in [0.4, 0.5) is 0 Å². The molecule has 0 saturated carbocycles. The molecule has 0 N–H and O–H groups in total. The van der Waals surface area contributed by atoms with Gasteiger partial charge in [0.25, 0.3) is 0 Å². The van der Waals surface area contributed by atoms with Crippen molar-refractivity contribution in [3.8, 4) is 0 Å².